The third kappa shape index (κ3) is 2.57. The summed E-state index contributed by atoms with van der Waals surface area (Å²) in [5, 5.41) is 14.6. The van der Waals surface area contributed by atoms with E-state index in [1.54, 1.807) is 12.1 Å². The minimum atomic E-state index is -3.00. The van der Waals surface area contributed by atoms with E-state index in [1.165, 1.54) is 24.4 Å². The van der Waals surface area contributed by atoms with Crippen molar-refractivity contribution in [3.8, 4) is 22.9 Å². The van der Waals surface area contributed by atoms with Gasteiger partial charge in [0.1, 0.15) is 17.4 Å². The molecule has 1 N–H and O–H groups in total. The summed E-state index contributed by atoms with van der Waals surface area (Å²) in [6.45, 7) is -3.00. The number of benzene rings is 1. The van der Waals surface area contributed by atoms with Crippen molar-refractivity contribution in [1.82, 2.24) is 10.2 Å². The predicted octanol–water partition coefficient (Wildman–Crippen LogP) is 1.91. The summed E-state index contributed by atoms with van der Waals surface area (Å²) in [7, 11) is 0. The maximum atomic E-state index is 12.3. The number of aromatic nitrogens is 2. The van der Waals surface area contributed by atoms with Gasteiger partial charge in [0.2, 0.25) is 0 Å². The molecule has 2 rings (SSSR count). The zero-order valence-electron chi connectivity index (χ0n) is 9.43. The first-order valence-electron chi connectivity index (χ1n) is 5.15. The highest BCUT2D eigenvalue weighted by atomic mass is 19.3. The molecule has 0 saturated heterocycles. The van der Waals surface area contributed by atoms with Crippen molar-refractivity contribution in [2.75, 3.05) is 0 Å². The van der Waals surface area contributed by atoms with Gasteiger partial charge in [-0.2, -0.15) is 19.1 Å². The summed E-state index contributed by atoms with van der Waals surface area (Å²) < 4.78 is 29.0. The molecule has 2 aromatic rings. The van der Waals surface area contributed by atoms with Crippen LogP contribution in [0.3, 0.4) is 0 Å². The Morgan fingerprint density at radius 2 is 2.05 bits per heavy atom. The van der Waals surface area contributed by atoms with Crippen LogP contribution in [0, 0.1) is 11.3 Å². The Balaban J connectivity index is 2.63. The minimum Gasteiger partial charge on any atom is -0.434 e. The van der Waals surface area contributed by atoms with Gasteiger partial charge in [0.25, 0.3) is 5.56 Å². The monoisotopic (exact) mass is 263 g/mol. The lowest BCUT2D eigenvalue weighted by Gasteiger charge is -2.10. The highest BCUT2D eigenvalue weighted by Crippen LogP contribution is 2.31. The lowest BCUT2D eigenvalue weighted by Crippen LogP contribution is -2.13. The molecule has 7 heteroatoms. The van der Waals surface area contributed by atoms with Crippen LogP contribution in [0.4, 0.5) is 8.78 Å². The Kier molecular flexibility index (Phi) is 3.52. The van der Waals surface area contributed by atoms with E-state index >= 15 is 0 Å². The molecule has 96 valence electrons. The van der Waals surface area contributed by atoms with Crippen LogP contribution < -0.4 is 10.3 Å². The Hall–Kier alpha value is -2.75. The number of ether oxygens (including phenoxy) is 1. The molecule has 0 aliphatic carbocycles. The van der Waals surface area contributed by atoms with E-state index in [9.17, 15) is 13.6 Å². The van der Waals surface area contributed by atoms with Crippen LogP contribution in [0.15, 0.2) is 35.3 Å². The van der Waals surface area contributed by atoms with Crippen LogP contribution in [-0.2, 0) is 0 Å². The van der Waals surface area contributed by atoms with Crippen molar-refractivity contribution >= 4 is 0 Å². The molecule has 1 aromatic heterocycles. The number of alkyl halides is 2. The van der Waals surface area contributed by atoms with Gasteiger partial charge in [0.15, 0.2) is 0 Å². The van der Waals surface area contributed by atoms with Crippen LogP contribution >= 0.6 is 0 Å². The number of H-pyrrole nitrogens is 1. The number of para-hydroxylation sites is 1. The number of halogens is 2. The van der Waals surface area contributed by atoms with Gasteiger partial charge in [0, 0.05) is 11.1 Å². The van der Waals surface area contributed by atoms with Gasteiger partial charge in [-0.1, -0.05) is 18.2 Å². The quantitative estimate of drug-likeness (QED) is 0.917. The first-order valence-corrected chi connectivity index (χ1v) is 5.15. The number of rotatable bonds is 3. The second kappa shape index (κ2) is 5.27. The van der Waals surface area contributed by atoms with Gasteiger partial charge >= 0.3 is 6.61 Å². The van der Waals surface area contributed by atoms with Crippen LogP contribution in [0.2, 0.25) is 0 Å². The Morgan fingerprint density at radius 3 is 2.74 bits per heavy atom. The van der Waals surface area contributed by atoms with E-state index in [0.717, 1.165) is 0 Å². The lowest BCUT2D eigenvalue weighted by atomic mass is 10.0. The molecule has 0 aliphatic rings. The topological polar surface area (TPSA) is 78.8 Å². The molecule has 0 atom stereocenters. The lowest BCUT2D eigenvalue weighted by molar-refractivity contribution is -0.0494. The second-order valence-electron chi connectivity index (χ2n) is 3.47. The summed E-state index contributed by atoms with van der Waals surface area (Å²) in [5.41, 5.74) is -0.549. The normalized spacial score (nSPS) is 10.2. The smallest absolute Gasteiger partial charge is 0.387 e. The van der Waals surface area contributed by atoms with Crippen LogP contribution in [-0.4, -0.2) is 16.8 Å². The van der Waals surface area contributed by atoms with E-state index in [2.05, 4.69) is 14.9 Å². The second-order valence-corrected chi connectivity index (χ2v) is 3.47. The highest BCUT2D eigenvalue weighted by molar-refractivity contribution is 5.74. The van der Waals surface area contributed by atoms with Gasteiger partial charge in [-0.25, -0.2) is 5.10 Å². The van der Waals surface area contributed by atoms with Gasteiger partial charge in [0.05, 0.1) is 6.20 Å². The van der Waals surface area contributed by atoms with E-state index < -0.39 is 12.2 Å². The number of hydrogen-bond acceptors (Lipinski definition) is 4. The first-order chi connectivity index (χ1) is 9.13. The third-order valence-corrected chi connectivity index (χ3v) is 2.36. The molecular weight excluding hydrogens is 256 g/mol. The number of aromatic amines is 1. The van der Waals surface area contributed by atoms with Crippen molar-refractivity contribution in [1.29, 1.82) is 5.26 Å². The highest BCUT2D eigenvalue weighted by Gasteiger charge is 2.15. The summed E-state index contributed by atoms with van der Waals surface area (Å²) in [6.07, 6.45) is 1.22. The Bertz CT molecular complexity index is 692. The fourth-order valence-corrected chi connectivity index (χ4v) is 1.60. The minimum absolute atomic E-state index is 0.124. The molecule has 0 unspecified atom stereocenters. The van der Waals surface area contributed by atoms with E-state index in [-0.39, 0.29) is 22.4 Å². The molecule has 0 amide bonds. The van der Waals surface area contributed by atoms with E-state index in [0.29, 0.717) is 0 Å². The Labute approximate surface area is 106 Å². The largest absolute Gasteiger partial charge is 0.434 e. The molecular formula is C12H7F2N3O2. The summed E-state index contributed by atoms with van der Waals surface area (Å²) in [6, 6.07) is 7.59. The van der Waals surface area contributed by atoms with Gasteiger partial charge in [-0.15, -0.1) is 0 Å². The fourth-order valence-electron chi connectivity index (χ4n) is 1.60. The van der Waals surface area contributed by atoms with E-state index in [4.69, 9.17) is 5.26 Å². The van der Waals surface area contributed by atoms with Crippen molar-refractivity contribution in [3.63, 3.8) is 0 Å². The van der Waals surface area contributed by atoms with E-state index in [1.807, 2.05) is 0 Å². The number of hydrogen-bond donors (Lipinski definition) is 1. The Morgan fingerprint density at radius 1 is 1.32 bits per heavy atom. The summed E-state index contributed by atoms with van der Waals surface area (Å²) >= 11 is 0. The fraction of sp³-hybridized carbons (Fsp3) is 0.0833. The molecule has 0 radical (unpaired) electrons. The van der Waals surface area contributed by atoms with Crippen molar-refractivity contribution in [3.05, 3.63) is 46.4 Å². The molecule has 1 aromatic carbocycles. The zero-order chi connectivity index (χ0) is 13.8. The molecule has 0 spiro atoms. The van der Waals surface area contributed by atoms with Crippen molar-refractivity contribution < 1.29 is 13.5 Å². The van der Waals surface area contributed by atoms with Crippen LogP contribution in [0.25, 0.3) is 11.1 Å². The van der Waals surface area contributed by atoms with Gasteiger partial charge in [-0.05, 0) is 6.07 Å². The summed E-state index contributed by atoms with van der Waals surface area (Å²) in [5.74, 6) is -0.124. The molecule has 0 bridgehead atoms. The molecule has 0 saturated carbocycles. The number of nitrogens with one attached hydrogen (secondary N) is 1. The average Bonchev–Trinajstić information content (AvgIpc) is 2.38. The maximum absolute atomic E-state index is 12.3. The van der Waals surface area contributed by atoms with Crippen LogP contribution in [0.5, 0.6) is 5.75 Å². The zero-order valence-corrected chi connectivity index (χ0v) is 9.43. The summed E-state index contributed by atoms with van der Waals surface area (Å²) in [4.78, 5) is 11.4. The maximum Gasteiger partial charge on any atom is 0.387 e. The molecule has 0 fully saturated rings. The molecule has 1 heterocycles. The van der Waals surface area contributed by atoms with Crippen molar-refractivity contribution in [2.45, 2.75) is 6.61 Å². The average molecular weight is 263 g/mol. The number of nitrogens with zero attached hydrogens (tertiary/aromatic N) is 2. The standard InChI is InChI=1S/C12H7F2N3O2/c13-12(14)19-10-4-2-1-3-7(10)9-6-16-17-11(18)8(9)5-15/h1-4,6,12H,(H,17,18). The molecule has 0 aliphatic heterocycles. The number of nitriles is 1. The first kappa shape index (κ1) is 12.7. The third-order valence-electron chi connectivity index (χ3n) is 2.36. The van der Waals surface area contributed by atoms with Crippen LogP contribution in [0.1, 0.15) is 5.56 Å². The molecule has 19 heavy (non-hydrogen) atoms. The van der Waals surface area contributed by atoms with Gasteiger partial charge in [-0.3, -0.25) is 4.79 Å². The SMILES string of the molecule is N#Cc1c(-c2ccccc2OC(F)F)cn[nH]c1=O. The predicted molar refractivity (Wildman–Crippen MR) is 61.6 cm³/mol. The van der Waals surface area contributed by atoms with Gasteiger partial charge < -0.3 is 4.74 Å². The van der Waals surface area contributed by atoms with Crippen molar-refractivity contribution in [2.24, 2.45) is 0 Å². The molecule has 5 nitrogen and oxygen atoms in total.